The number of rotatable bonds is 10. The number of carboxylic acids is 1. The molecule has 3 rings (SSSR count). The fraction of sp³-hybridized carbons (Fsp3) is 0.385. The molecule has 0 radical (unpaired) electrons. The van der Waals surface area contributed by atoms with Crippen molar-refractivity contribution in [2.75, 3.05) is 18.9 Å². The van der Waals surface area contributed by atoms with Gasteiger partial charge in [0.2, 0.25) is 0 Å². The van der Waals surface area contributed by atoms with Gasteiger partial charge < -0.3 is 26.4 Å². The molecule has 0 spiro atoms. The van der Waals surface area contributed by atoms with E-state index in [0.717, 1.165) is 31.2 Å². The molecular formula is C26H30Cl2N4O4S. The molecule has 5 N–H and O–H groups in total. The predicted octanol–water partition coefficient (Wildman–Crippen LogP) is 5.04. The molecule has 1 aliphatic rings. The SMILES string of the molecule is CNC(=O)NCCC1(C(=S)NC(Cc2ccc(NC(=O)c3c(Cl)cccc3Cl)cc2)C(=O)O)CCCC1. The van der Waals surface area contributed by atoms with E-state index in [0.29, 0.717) is 23.6 Å². The van der Waals surface area contributed by atoms with Crippen molar-refractivity contribution in [3.63, 3.8) is 0 Å². The average molecular weight is 566 g/mol. The van der Waals surface area contributed by atoms with Gasteiger partial charge in [-0.2, -0.15) is 0 Å². The molecule has 1 atom stereocenters. The van der Waals surface area contributed by atoms with Gasteiger partial charge >= 0.3 is 12.0 Å². The number of carboxylic acid groups (broad SMARTS) is 1. The minimum atomic E-state index is -1.01. The number of halogens is 2. The van der Waals surface area contributed by atoms with Crippen LogP contribution >= 0.6 is 35.4 Å². The number of hydrogen-bond acceptors (Lipinski definition) is 4. The van der Waals surface area contributed by atoms with Crippen LogP contribution in [0.25, 0.3) is 0 Å². The van der Waals surface area contributed by atoms with E-state index in [-0.39, 0.29) is 33.5 Å². The Labute approximate surface area is 231 Å². The molecule has 1 aliphatic carbocycles. The van der Waals surface area contributed by atoms with Gasteiger partial charge in [0.15, 0.2) is 0 Å². The van der Waals surface area contributed by atoms with Crippen LogP contribution in [0.3, 0.4) is 0 Å². The molecule has 2 aromatic rings. The Kier molecular flexibility index (Phi) is 10.1. The Balaban J connectivity index is 1.63. The number of thiocarbonyl (C=S) groups is 1. The first-order valence-corrected chi connectivity index (χ1v) is 13.2. The largest absolute Gasteiger partial charge is 0.480 e. The summed E-state index contributed by atoms with van der Waals surface area (Å²) in [6, 6.07) is 10.5. The van der Waals surface area contributed by atoms with Crippen molar-refractivity contribution < 1.29 is 19.5 Å². The van der Waals surface area contributed by atoms with Gasteiger partial charge in [0.05, 0.1) is 20.6 Å². The topological polar surface area (TPSA) is 120 Å². The number of amides is 3. The molecule has 2 aromatic carbocycles. The van der Waals surface area contributed by atoms with Crippen LogP contribution in [0, 0.1) is 5.41 Å². The first-order chi connectivity index (χ1) is 17.6. The van der Waals surface area contributed by atoms with Crippen molar-refractivity contribution >= 4 is 64.0 Å². The van der Waals surface area contributed by atoms with E-state index >= 15 is 0 Å². The highest BCUT2D eigenvalue weighted by Crippen LogP contribution is 2.42. The molecule has 8 nitrogen and oxygen atoms in total. The molecule has 1 fully saturated rings. The maximum absolute atomic E-state index is 12.6. The molecule has 0 saturated heterocycles. The van der Waals surface area contributed by atoms with Crippen LogP contribution in [0.15, 0.2) is 42.5 Å². The molecule has 0 aliphatic heterocycles. The maximum atomic E-state index is 12.6. The van der Waals surface area contributed by atoms with Crippen LogP contribution in [0.4, 0.5) is 10.5 Å². The van der Waals surface area contributed by atoms with Gasteiger partial charge in [0.25, 0.3) is 5.91 Å². The van der Waals surface area contributed by atoms with E-state index in [1.807, 2.05) is 0 Å². The van der Waals surface area contributed by atoms with Crippen LogP contribution in [-0.4, -0.2) is 47.6 Å². The van der Waals surface area contributed by atoms with Gasteiger partial charge in [0.1, 0.15) is 6.04 Å². The van der Waals surface area contributed by atoms with Crippen molar-refractivity contribution in [1.82, 2.24) is 16.0 Å². The van der Waals surface area contributed by atoms with E-state index in [2.05, 4.69) is 21.3 Å². The summed E-state index contributed by atoms with van der Waals surface area (Å²) >= 11 is 17.9. The number of carbonyl (C=O) groups excluding carboxylic acids is 2. The van der Waals surface area contributed by atoms with E-state index in [1.165, 1.54) is 0 Å². The Morgan fingerprint density at radius 3 is 2.24 bits per heavy atom. The summed E-state index contributed by atoms with van der Waals surface area (Å²) in [5.41, 5.74) is 1.13. The number of anilines is 1. The fourth-order valence-corrected chi connectivity index (χ4v) is 5.54. The third kappa shape index (κ3) is 7.56. The number of aliphatic carboxylic acids is 1. The third-order valence-corrected chi connectivity index (χ3v) is 7.78. The number of urea groups is 1. The molecule has 1 unspecified atom stereocenters. The Morgan fingerprint density at radius 2 is 1.68 bits per heavy atom. The van der Waals surface area contributed by atoms with Gasteiger partial charge in [-0.25, -0.2) is 9.59 Å². The van der Waals surface area contributed by atoms with E-state index in [1.54, 1.807) is 49.5 Å². The lowest BCUT2D eigenvalue weighted by molar-refractivity contribution is -0.139. The normalized spacial score (nSPS) is 14.9. The molecule has 1 saturated carbocycles. The molecular weight excluding hydrogens is 535 g/mol. The Morgan fingerprint density at radius 1 is 1.05 bits per heavy atom. The lowest BCUT2D eigenvalue weighted by Gasteiger charge is -2.32. The first-order valence-electron chi connectivity index (χ1n) is 12.0. The standard InChI is InChI=1S/C26H30Cl2N4O4S/c1-29-25(36)30-14-13-26(11-2-3-12-26)24(37)32-20(23(34)35)15-16-7-9-17(10-8-16)31-22(33)21-18(27)5-4-6-19(21)28/h4-10,20H,2-3,11-15H2,1H3,(H,31,33)(H,32,37)(H,34,35)(H2,29,30,36). The van der Waals surface area contributed by atoms with Crippen LogP contribution in [0.2, 0.25) is 10.0 Å². The van der Waals surface area contributed by atoms with Gasteiger partial charge in [-0.1, -0.05) is 66.5 Å². The summed E-state index contributed by atoms with van der Waals surface area (Å²) < 4.78 is 0. The molecule has 37 heavy (non-hydrogen) atoms. The second-order valence-electron chi connectivity index (χ2n) is 9.06. The molecule has 0 bridgehead atoms. The van der Waals surface area contributed by atoms with Gasteiger partial charge in [-0.15, -0.1) is 0 Å². The van der Waals surface area contributed by atoms with Crippen LogP contribution in [0.1, 0.15) is 48.0 Å². The second kappa shape index (κ2) is 13.1. The van der Waals surface area contributed by atoms with Crippen LogP contribution in [0.5, 0.6) is 0 Å². The summed E-state index contributed by atoms with van der Waals surface area (Å²) in [5, 5.41) is 21.5. The molecule has 11 heteroatoms. The van der Waals surface area contributed by atoms with Crippen LogP contribution in [-0.2, 0) is 11.2 Å². The minimum Gasteiger partial charge on any atom is -0.480 e. The van der Waals surface area contributed by atoms with Crippen molar-refractivity contribution in [2.45, 2.75) is 44.6 Å². The van der Waals surface area contributed by atoms with Gasteiger partial charge in [0, 0.05) is 31.1 Å². The smallest absolute Gasteiger partial charge is 0.326 e. The average Bonchev–Trinajstić information content (AvgIpc) is 3.34. The quantitative estimate of drug-likeness (QED) is 0.258. The molecule has 198 valence electrons. The number of hydrogen-bond donors (Lipinski definition) is 5. The van der Waals surface area contributed by atoms with Crippen molar-refractivity contribution in [3.8, 4) is 0 Å². The van der Waals surface area contributed by atoms with Crippen molar-refractivity contribution in [3.05, 3.63) is 63.6 Å². The van der Waals surface area contributed by atoms with Gasteiger partial charge in [-0.05, 0) is 49.1 Å². The van der Waals surface area contributed by atoms with Crippen LogP contribution < -0.4 is 21.3 Å². The van der Waals surface area contributed by atoms with E-state index in [9.17, 15) is 19.5 Å². The summed E-state index contributed by atoms with van der Waals surface area (Å²) in [4.78, 5) is 36.7. The highest BCUT2D eigenvalue weighted by Gasteiger charge is 2.39. The predicted molar refractivity (Wildman–Crippen MR) is 150 cm³/mol. The monoisotopic (exact) mass is 564 g/mol. The fourth-order valence-electron chi connectivity index (χ4n) is 4.53. The minimum absolute atomic E-state index is 0.185. The zero-order chi connectivity index (χ0) is 27.0. The first kappa shape index (κ1) is 28.7. The second-order valence-corrected chi connectivity index (χ2v) is 10.3. The zero-order valence-corrected chi connectivity index (χ0v) is 22.7. The van der Waals surface area contributed by atoms with Crippen molar-refractivity contribution in [2.24, 2.45) is 5.41 Å². The number of nitrogens with one attached hydrogen (secondary N) is 4. The van der Waals surface area contributed by atoms with Crippen molar-refractivity contribution in [1.29, 1.82) is 0 Å². The Hall–Kier alpha value is -2.88. The summed E-state index contributed by atoms with van der Waals surface area (Å²) in [6.07, 6.45) is 4.56. The maximum Gasteiger partial charge on any atom is 0.326 e. The highest BCUT2D eigenvalue weighted by molar-refractivity contribution is 7.80. The van der Waals surface area contributed by atoms with E-state index < -0.39 is 17.9 Å². The molecule has 3 amide bonds. The summed E-state index contributed by atoms with van der Waals surface area (Å²) in [5.74, 6) is -1.45. The highest BCUT2D eigenvalue weighted by atomic mass is 35.5. The lowest BCUT2D eigenvalue weighted by Crippen LogP contribution is -2.48. The van der Waals surface area contributed by atoms with Gasteiger partial charge in [-0.3, -0.25) is 4.79 Å². The summed E-state index contributed by atoms with van der Waals surface area (Å²) in [7, 11) is 1.55. The van der Waals surface area contributed by atoms with E-state index in [4.69, 9.17) is 35.4 Å². The molecule has 0 aromatic heterocycles. The number of benzene rings is 2. The summed E-state index contributed by atoms with van der Waals surface area (Å²) in [6.45, 7) is 0.450. The molecule has 0 heterocycles. The lowest BCUT2D eigenvalue weighted by atomic mass is 9.82. The third-order valence-electron chi connectivity index (χ3n) is 6.60. The zero-order valence-electron chi connectivity index (χ0n) is 20.4. The Bertz CT molecular complexity index is 1130. The number of carbonyl (C=O) groups is 3.